The summed E-state index contributed by atoms with van der Waals surface area (Å²) >= 11 is 0. The van der Waals surface area contributed by atoms with Crippen molar-refractivity contribution >= 4 is 5.91 Å². The summed E-state index contributed by atoms with van der Waals surface area (Å²) in [6, 6.07) is 3.55. The molecule has 0 atom stereocenters. The lowest BCUT2D eigenvalue weighted by molar-refractivity contribution is -0.133. The van der Waals surface area contributed by atoms with Gasteiger partial charge in [-0.25, -0.2) is 8.78 Å². The number of carbonyl (C=O) groups is 1. The van der Waals surface area contributed by atoms with E-state index >= 15 is 0 Å². The van der Waals surface area contributed by atoms with Crippen molar-refractivity contribution in [2.24, 2.45) is 0 Å². The molecule has 0 bridgehead atoms. The largest absolute Gasteiger partial charge is 0.340 e. The number of benzene rings is 1. The normalized spacial score (nSPS) is 15.6. The maximum Gasteiger partial charge on any atom is 0.222 e. The molecule has 0 aliphatic carbocycles. The molecule has 1 aliphatic rings. The van der Waals surface area contributed by atoms with Crippen LogP contribution in [0.4, 0.5) is 8.78 Å². The summed E-state index contributed by atoms with van der Waals surface area (Å²) in [5.74, 6) is -1.12. The van der Waals surface area contributed by atoms with Crippen molar-refractivity contribution in [2.45, 2.75) is 26.3 Å². The second-order valence-electron chi connectivity index (χ2n) is 6.01. The standard InChI is InChI=1S/C16H20F2N6O/c1-2-3-16(25)23-8-6-22(7-9-23)11-15-19-20-21-24(15)12-4-5-13(17)14(18)10-12/h4-5,10H,2-3,6-9,11H2,1H3. The van der Waals surface area contributed by atoms with Gasteiger partial charge in [-0.2, -0.15) is 4.68 Å². The number of amides is 1. The number of aromatic nitrogens is 4. The first-order valence-corrected chi connectivity index (χ1v) is 8.31. The molecular weight excluding hydrogens is 330 g/mol. The Labute approximate surface area is 144 Å². The first-order valence-electron chi connectivity index (χ1n) is 8.31. The first kappa shape index (κ1) is 17.4. The third-order valence-electron chi connectivity index (χ3n) is 4.24. The molecule has 0 N–H and O–H groups in total. The molecule has 0 radical (unpaired) electrons. The zero-order chi connectivity index (χ0) is 17.8. The molecule has 1 aromatic heterocycles. The van der Waals surface area contributed by atoms with E-state index in [1.807, 2.05) is 11.8 Å². The van der Waals surface area contributed by atoms with Gasteiger partial charge in [0.05, 0.1) is 12.2 Å². The summed E-state index contributed by atoms with van der Waals surface area (Å²) < 4.78 is 27.9. The van der Waals surface area contributed by atoms with E-state index in [0.29, 0.717) is 37.6 Å². The zero-order valence-corrected chi connectivity index (χ0v) is 14.0. The second-order valence-corrected chi connectivity index (χ2v) is 6.01. The number of piperazine rings is 1. The predicted octanol–water partition coefficient (Wildman–Crippen LogP) is 1.38. The molecule has 0 unspecified atom stereocenters. The monoisotopic (exact) mass is 350 g/mol. The Bertz CT molecular complexity index is 742. The van der Waals surface area contributed by atoms with Crippen LogP contribution in [-0.4, -0.2) is 62.1 Å². The summed E-state index contributed by atoms with van der Waals surface area (Å²) in [7, 11) is 0. The summed E-state index contributed by atoms with van der Waals surface area (Å²) in [4.78, 5) is 15.9. The van der Waals surface area contributed by atoms with Crippen LogP contribution in [0.25, 0.3) is 5.69 Å². The third-order valence-corrected chi connectivity index (χ3v) is 4.24. The number of carbonyl (C=O) groups excluding carboxylic acids is 1. The van der Waals surface area contributed by atoms with Crippen molar-refractivity contribution in [2.75, 3.05) is 26.2 Å². The smallest absolute Gasteiger partial charge is 0.222 e. The summed E-state index contributed by atoms with van der Waals surface area (Å²) in [5, 5.41) is 11.5. The van der Waals surface area contributed by atoms with Gasteiger partial charge in [-0.15, -0.1) is 5.10 Å². The van der Waals surface area contributed by atoms with Crippen LogP contribution in [0.5, 0.6) is 0 Å². The molecule has 3 rings (SSSR count). The Morgan fingerprint density at radius 1 is 1.16 bits per heavy atom. The molecule has 134 valence electrons. The minimum atomic E-state index is -0.943. The molecule has 7 nitrogen and oxygen atoms in total. The molecule has 0 saturated carbocycles. The fourth-order valence-corrected chi connectivity index (χ4v) is 2.85. The van der Waals surface area contributed by atoms with E-state index in [-0.39, 0.29) is 5.91 Å². The van der Waals surface area contributed by atoms with E-state index < -0.39 is 11.6 Å². The lowest BCUT2D eigenvalue weighted by Crippen LogP contribution is -2.48. The summed E-state index contributed by atoms with van der Waals surface area (Å²) in [6.07, 6.45) is 1.43. The molecule has 0 spiro atoms. The van der Waals surface area contributed by atoms with E-state index in [4.69, 9.17) is 0 Å². The lowest BCUT2D eigenvalue weighted by Gasteiger charge is -2.34. The van der Waals surface area contributed by atoms with Gasteiger partial charge in [0.2, 0.25) is 5.91 Å². The topological polar surface area (TPSA) is 67.2 Å². The average Bonchev–Trinajstić information content (AvgIpc) is 3.06. The van der Waals surface area contributed by atoms with E-state index in [2.05, 4.69) is 20.4 Å². The quantitative estimate of drug-likeness (QED) is 0.815. The van der Waals surface area contributed by atoms with Gasteiger partial charge < -0.3 is 4.90 Å². The maximum atomic E-state index is 13.4. The number of tetrazole rings is 1. The molecule has 1 fully saturated rings. The highest BCUT2D eigenvalue weighted by molar-refractivity contribution is 5.76. The fraction of sp³-hybridized carbons (Fsp3) is 0.500. The van der Waals surface area contributed by atoms with Crippen molar-refractivity contribution in [3.63, 3.8) is 0 Å². The third kappa shape index (κ3) is 3.98. The molecule has 1 aromatic carbocycles. The van der Waals surface area contributed by atoms with Crippen LogP contribution >= 0.6 is 0 Å². The highest BCUT2D eigenvalue weighted by Gasteiger charge is 2.22. The molecule has 2 aromatic rings. The number of hydrogen-bond donors (Lipinski definition) is 0. The van der Waals surface area contributed by atoms with Gasteiger partial charge in [-0.1, -0.05) is 6.92 Å². The molecule has 9 heteroatoms. The van der Waals surface area contributed by atoms with Crippen molar-refractivity contribution < 1.29 is 13.6 Å². The predicted molar refractivity (Wildman–Crippen MR) is 85.8 cm³/mol. The van der Waals surface area contributed by atoms with Crippen LogP contribution in [0.15, 0.2) is 18.2 Å². The Balaban J connectivity index is 1.64. The molecule has 1 amide bonds. The summed E-state index contributed by atoms with van der Waals surface area (Å²) in [5.41, 5.74) is 0.371. The Morgan fingerprint density at radius 3 is 2.60 bits per heavy atom. The lowest BCUT2D eigenvalue weighted by atomic mass is 10.2. The highest BCUT2D eigenvalue weighted by Crippen LogP contribution is 2.15. The van der Waals surface area contributed by atoms with E-state index in [1.54, 1.807) is 0 Å². The van der Waals surface area contributed by atoms with Crippen LogP contribution < -0.4 is 0 Å². The Morgan fingerprint density at radius 2 is 1.92 bits per heavy atom. The van der Waals surface area contributed by atoms with Crippen molar-refractivity contribution in [3.05, 3.63) is 35.7 Å². The fourth-order valence-electron chi connectivity index (χ4n) is 2.85. The van der Waals surface area contributed by atoms with Gasteiger partial charge in [0.1, 0.15) is 0 Å². The van der Waals surface area contributed by atoms with Gasteiger partial charge in [-0.05, 0) is 29.0 Å². The zero-order valence-electron chi connectivity index (χ0n) is 14.0. The summed E-state index contributed by atoms with van der Waals surface area (Å²) in [6.45, 7) is 5.26. The number of rotatable bonds is 5. The van der Waals surface area contributed by atoms with Crippen LogP contribution in [0, 0.1) is 11.6 Å². The molecular formula is C16H20F2N6O. The molecule has 1 aliphatic heterocycles. The first-order chi connectivity index (χ1) is 12.1. The van der Waals surface area contributed by atoms with Crippen LogP contribution in [-0.2, 0) is 11.3 Å². The maximum absolute atomic E-state index is 13.4. The number of hydrogen-bond acceptors (Lipinski definition) is 5. The van der Waals surface area contributed by atoms with Gasteiger partial charge >= 0.3 is 0 Å². The van der Waals surface area contributed by atoms with Crippen LogP contribution in [0.1, 0.15) is 25.6 Å². The molecule has 1 saturated heterocycles. The minimum absolute atomic E-state index is 0.189. The van der Waals surface area contributed by atoms with Crippen LogP contribution in [0.2, 0.25) is 0 Å². The highest BCUT2D eigenvalue weighted by atomic mass is 19.2. The van der Waals surface area contributed by atoms with E-state index in [0.717, 1.165) is 31.6 Å². The van der Waals surface area contributed by atoms with Gasteiger partial charge in [-0.3, -0.25) is 9.69 Å². The average molecular weight is 350 g/mol. The van der Waals surface area contributed by atoms with E-state index in [9.17, 15) is 13.6 Å². The van der Waals surface area contributed by atoms with Crippen molar-refractivity contribution in [1.82, 2.24) is 30.0 Å². The Hall–Kier alpha value is -2.42. The van der Waals surface area contributed by atoms with Crippen molar-refractivity contribution in [3.8, 4) is 5.69 Å². The number of halogens is 2. The van der Waals surface area contributed by atoms with E-state index in [1.165, 1.54) is 10.7 Å². The SMILES string of the molecule is CCCC(=O)N1CCN(Cc2nnnn2-c2ccc(F)c(F)c2)CC1. The van der Waals surface area contributed by atoms with Gasteiger partial charge in [0.15, 0.2) is 17.5 Å². The van der Waals surface area contributed by atoms with Crippen molar-refractivity contribution in [1.29, 1.82) is 0 Å². The Kier molecular flexibility index (Phi) is 5.32. The van der Waals surface area contributed by atoms with Crippen LogP contribution in [0.3, 0.4) is 0 Å². The second kappa shape index (κ2) is 7.64. The van der Waals surface area contributed by atoms with Gasteiger partial charge in [0, 0.05) is 38.7 Å². The van der Waals surface area contributed by atoms with Gasteiger partial charge in [0.25, 0.3) is 0 Å². The number of nitrogens with zero attached hydrogens (tertiary/aromatic N) is 6. The molecule has 25 heavy (non-hydrogen) atoms. The molecule has 2 heterocycles. The minimum Gasteiger partial charge on any atom is -0.340 e.